The number of hydrogen-bond acceptors (Lipinski definition) is 0. The van der Waals surface area contributed by atoms with Gasteiger partial charge >= 0.3 is 0 Å². The van der Waals surface area contributed by atoms with Gasteiger partial charge in [0, 0.05) is 0 Å². The molecule has 0 nitrogen and oxygen atoms in total. The van der Waals surface area contributed by atoms with Crippen LogP contribution in [0.5, 0.6) is 0 Å². The summed E-state index contributed by atoms with van der Waals surface area (Å²) in [5.41, 5.74) is 1.96. The van der Waals surface area contributed by atoms with E-state index in [9.17, 15) is 4.39 Å². The van der Waals surface area contributed by atoms with Gasteiger partial charge in [0.05, 0.1) is 0 Å². The van der Waals surface area contributed by atoms with Crippen LogP contribution in [0, 0.1) is 5.82 Å². The topological polar surface area (TPSA) is 0 Å². The van der Waals surface area contributed by atoms with Crippen molar-refractivity contribution >= 4 is 26.6 Å². The van der Waals surface area contributed by atoms with Crippen LogP contribution in [0.15, 0.2) is 18.2 Å². The lowest BCUT2D eigenvalue weighted by atomic mass is 9.87. The Bertz CT molecular complexity index is 172. The van der Waals surface area contributed by atoms with Gasteiger partial charge in [-0.15, -0.1) is 0 Å². The Morgan fingerprint density at radius 2 is 1.44 bits per heavy atom. The predicted octanol–water partition coefficient (Wildman–Crippen LogP) is -1.66. The fourth-order valence-electron chi connectivity index (χ4n) is 0.919. The quantitative estimate of drug-likeness (QED) is 0.359. The molecule has 0 amide bonds. The van der Waals surface area contributed by atoms with E-state index in [1.807, 2.05) is 21.8 Å². The molecule has 0 aliphatic rings. The molecule has 3 heteroatoms. The van der Waals surface area contributed by atoms with E-state index >= 15 is 0 Å². The summed E-state index contributed by atoms with van der Waals surface area (Å²) in [6, 6.07) is 4.99. The Balaban J connectivity index is 3.17. The number of rotatable bonds is 0. The molecule has 0 N–H and O–H groups in total. The molecule has 0 fully saturated rings. The Morgan fingerprint density at radius 3 is 1.78 bits per heavy atom. The minimum Gasteiger partial charge on any atom is -0.207 e. The summed E-state index contributed by atoms with van der Waals surface area (Å²) in [6.07, 6.45) is 0. The van der Waals surface area contributed by atoms with Crippen molar-refractivity contribution < 1.29 is 4.39 Å². The molecule has 0 saturated heterocycles. The summed E-state index contributed by atoms with van der Waals surface area (Å²) in [4.78, 5) is 0. The fraction of sp³-hybridized carbons (Fsp3) is 0. The highest BCUT2D eigenvalue weighted by atomic mass is 19.1. The number of benzene rings is 1. The van der Waals surface area contributed by atoms with Gasteiger partial charge in [0.25, 0.3) is 0 Å². The zero-order valence-electron chi connectivity index (χ0n) is 5.61. The Hall–Kier alpha value is -0.720. The standard InChI is InChI=1S/C6H7B2F/c7-4-1-5(8)3-6(9)2-4/h1-3H,7-8H2. The van der Waals surface area contributed by atoms with E-state index in [0.29, 0.717) is 0 Å². The normalized spacial score (nSPS) is 9.44. The van der Waals surface area contributed by atoms with Gasteiger partial charge in [-0.25, -0.2) is 4.39 Å². The molecule has 0 heterocycles. The first-order chi connectivity index (χ1) is 4.18. The Kier molecular flexibility index (Phi) is 1.60. The fourth-order valence-corrected chi connectivity index (χ4v) is 0.919. The molecule has 0 spiro atoms. The lowest BCUT2D eigenvalue weighted by molar-refractivity contribution is 0.630. The van der Waals surface area contributed by atoms with Crippen molar-refractivity contribution in [3.8, 4) is 0 Å². The SMILES string of the molecule is Bc1cc(B)cc(F)c1. The first-order valence-corrected chi connectivity index (χ1v) is 2.92. The highest BCUT2D eigenvalue weighted by Gasteiger charge is 1.90. The van der Waals surface area contributed by atoms with Gasteiger partial charge in [0.15, 0.2) is 0 Å². The lowest BCUT2D eigenvalue weighted by Crippen LogP contribution is -2.13. The third kappa shape index (κ3) is 1.60. The van der Waals surface area contributed by atoms with Gasteiger partial charge < -0.3 is 0 Å². The second-order valence-electron chi connectivity index (χ2n) is 2.31. The van der Waals surface area contributed by atoms with Crippen LogP contribution >= 0.6 is 0 Å². The highest BCUT2D eigenvalue weighted by molar-refractivity contribution is 6.37. The van der Waals surface area contributed by atoms with E-state index in [-0.39, 0.29) is 5.82 Å². The molecule has 0 aliphatic heterocycles. The predicted molar refractivity (Wildman–Crippen MR) is 42.8 cm³/mol. The minimum absolute atomic E-state index is 0.146. The molecule has 1 rings (SSSR count). The molecule has 9 heavy (non-hydrogen) atoms. The van der Waals surface area contributed by atoms with Crippen LogP contribution in [-0.4, -0.2) is 15.7 Å². The van der Waals surface area contributed by atoms with E-state index in [0.717, 1.165) is 10.9 Å². The van der Waals surface area contributed by atoms with Crippen LogP contribution < -0.4 is 10.9 Å². The molecule has 0 atom stereocenters. The Morgan fingerprint density at radius 1 is 1.00 bits per heavy atom. The summed E-state index contributed by atoms with van der Waals surface area (Å²) in [7, 11) is 3.77. The number of halogens is 1. The second kappa shape index (κ2) is 2.26. The molecule has 1 aromatic rings. The van der Waals surface area contributed by atoms with Crippen molar-refractivity contribution in [1.82, 2.24) is 0 Å². The highest BCUT2D eigenvalue weighted by Crippen LogP contribution is 1.87. The Labute approximate surface area is 55.9 Å². The smallest absolute Gasteiger partial charge is 0.139 e. The summed E-state index contributed by atoms with van der Waals surface area (Å²) >= 11 is 0. The summed E-state index contributed by atoms with van der Waals surface area (Å²) in [5, 5.41) is 0. The molecule has 44 valence electrons. The monoisotopic (exact) mass is 120 g/mol. The average Bonchev–Trinajstić information content (AvgIpc) is 1.59. The van der Waals surface area contributed by atoms with Crippen LogP contribution in [0.1, 0.15) is 0 Å². The molecule has 0 aromatic heterocycles. The molecule has 0 saturated carbocycles. The van der Waals surface area contributed by atoms with Crippen molar-refractivity contribution in [3.05, 3.63) is 24.0 Å². The van der Waals surface area contributed by atoms with Crippen molar-refractivity contribution in [1.29, 1.82) is 0 Å². The van der Waals surface area contributed by atoms with Gasteiger partial charge in [-0.1, -0.05) is 17.0 Å². The van der Waals surface area contributed by atoms with Gasteiger partial charge in [0.1, 0.15) is 21.5 Å². The van der Waals surface area contributed by atoms with Crippen LogP contribution in [0.3, 0.4) is 0 Å². The molecule has 0 aliphatic carbocycles. The first kappa shape index (κ1) is 6.40. The van der Waals surface area contributed by atoms with Gasteiger partial charge in [-0.3, -0.25) is 0 Å². The van der Waals surface area contributed by atoms with Crippen molar-refractivity contribution in [3.63, 3.8) is 0 Å². The molecule has 0 radical (unpaired) electrons. The zero-order valence-corrected chi connectivity index (χ0v) is 5.61. The maximum absolute atomic E-state index is 12.4. The third-order valence-electron chi connectivity index (χ3n) is 1.19. The van der Waals surface area contributed by atoms with Crippen molar-refractivity contribution in [2.75, 3.05) is 0 Å². The van der Waals surface area contributed by atoms with Crippen molar-refractivity contribution in [2.24, 2.45) is 0 Å². The van der Waals surface area contributed by atoms with Gasteiger partial charge in [0.2, 0.25) is 0 Å². The van der Waals surface area contributed by atoms with Crippen LogP contribution in [0.2, 0.25) is 0 Å². The second-order valence-corrected chi connectivity index (χ2v) is 2.31. The maximum atomic E-state index is 12.4. The average molecular weight is 120 g/mol. The van der Waals surface area contributed by atoms with Crippen LogP contribution in [0.4, 0.5) is 4.39 Å². The van der Waals surface area contributed by atoms with E-state index in [1.54, 1.807) is 0 Å². The zero-order chi connectivity index (χ0) is 6.85. The first-order valence-electron chi connectivity index (χ1n) is 2.92. The molecular weight excluding hydrogens is 113 g/mol. The minimum atomic E-state index is -0.146. The van der Waals surface area contributed by atoms with E-state index < -0.39 is 0 Å². The summed E-state index contributed by atoms with van der Waals surface area (Å²) in [5.74, 6) is -0.146. The van der Waals surface area contributed by atoms with E-state index in [2.05, 4.69) is 0 Å². The van der Waals surface area contributed by atoms with Crippen LogP contribution in [-0.2, 0) is 0 Å². The molecule has 0 unspecified atom stereocenters. The molecular formula is C6H7B2F. The molecule has 1 aromatic carbocycles. The molecule has 0 bridgehead atoms. The van der Waals surface area contributed by atoms with E-state index in [1.165, 1.54) is 12.1 Å². The van der Waals surface area contributed by atoms with Crippen LogP contribution in [0.25, 0.3) is 0 Å². The van der Waals surface area contributed by atoms with Gasteiger partial charge in [-0.2, -0.15) is 0 Å². The van der Waals surface area contributed by atoms with Gasteiger partial charge in [-0.05, 0) is 12.1 Å². The third-order valence-corrected chi connectivity index (χ3v) is 1.19. The van der Waals surface area contributed by atoms with Crippen molar-refractivity contribution in [2.45, 2.75) is 0 Å². The summed E-state index contributed by atoms with van der Waals surface area (Å²) in [6.45, 7) is 0. The number of hydrogen-bond donors (Lipinski definition) is 0. The summed E-state index contributed by atoms with van der Waals surface area (Å²) < 4.78 is 12.4. The maximum Gasteiger partial charge on any atom is 0.139 e. The largest absolute Gasteiger partial charge is 0.207 e. The lowest BCUT2D eigenvalue weighted by Gasteiger charge is -1.94. The van der Waals surface area contributed by atoms with E-state index in [4.69, 9.17) is 0 Å².